The smallest absolute Gasteiger partial charge is 0.496 e. The van der Waals surface area contributed by atoms with E-state index in [4.69, 9.17) is 10.5 Å². The minimum absolute atomic E-state index is 0.308. The summed E-state index contributed by atoms with van der Waals surface area (Å²) in [6.07, 6.45) is -1.80. The molecule has 0 radical (unpaired) electrons. The van der Waals surface area contributed by atoms with Crippen LogP contribution >= 0.6 is 0 Å². The van der Waals surface area contributed by atoms with Crippen LogP contribution in [-0.2, 0) is 0 Å². The highest BCUT2D eigenvalue weighted by Crippen LogP contribution is 2.32. The zero-order chi connectivity index (χ0) is 14.5. The van der Waals surface area contributed by atoms with Gasteiger partial charge in [-0.1, -0.05) is 6.08 Å². The highest BCUT2D eigenvalue weighted by atomic mass is 19.4. The van der Waals surface area contributed by atoms with Gasteiger partial charge in [0.1, 0.15) is 11.5 Å². The van der Waals surface area contributed by atoms with Gasteiger partial charge in [0.15, 0.2) is 0 Å². The molecule has 1 aromatic carbocycles. The Hall–Kier alpha value is -1.69. The number of ether oxygens (including phenoxy) is 2. The number of halogens is 3. The highest BCUT2D eigenvalue weighted by molar-refractivity contribution is 5.42. The molecule has 0 bridgehead atoms. The predicted molar refractivity (Wildman–Crippen MR) is 66.0 cm³/mol. The van der Waals surface area contributed by atoms with Crippen molar-refractivity contribution in [2.75, 3.05) is 7.11 Å². The molecular weight excluding hydrogens is 259 g/mol. The average molecular weight is 275 g/mol. The van der Waals surface area contributed by atoms with Crippen LogP contribution in [-0.4, -0.2) is 13.5 Å². The SMILES string of the molecule is C=CCC[C@H](N)c1cc(OC(F)(F)F)ccc1OC. The summed E-state index contributed by atoms with van der Waals surface area (Å²) in [5.41, 5.74) is 6.40. The van der Waals surface area contributed by atoms with Gasteiger partial charge in [-0.2, -0.15) is 0 Å². The third-order valence-corrected chi connectivity index (χ3v) is 2.52. The lowest BCUT2D eigenvalue weighted by molar-refractivity contribution is -0.274. The molecule has 0 unspecified atom stereocenters. The van der Waals surface area contributed by atoms with Gasteiger partial charge in [0.2, 0.25) is 0 Å². The zero-order valence-corrected chi connectivity index (χ0v) is 10.5. The molecule has 0 heterocycles. The first-order valence-electron chi connectivity index (χ1n) is 5.67. The van der Waals surface area contributed by atoms with Gasteiger partial charge in [-0.3, -0.25) is 0 Å². The molecule has 0 saturated carbocycles. The van der Waals surface area contributed by atoms with Gasteiger partial charge in [-0.25, -0.2) is 0 Å². The van der Waals surface area contributed by atoms with Crippen molar-refractivity contribution in [2.45, 2.75) is 25.2 Å². The lowest BCUT2D eigenvalue weighted by Crippen LogP contribution is -2.18. The van der Waals surface area contributed by atoms with Gasteiger partial charge in [0, 0.05) is 11.6 Å². The summed E-state index contributed by atoms with van der Waals surface area (Å²) in [5.74, 6) is 0.128. The van der Waals surface area contributed by atoms with E-state index < -0.39 is 12.4 Å². The van der Waals surface area contributed by atoms with E-state index in [-0.39, 0.29) is 5.75 Å². The molecule has 1 aromatic rings. The van der Waals surface area contributed by atoms with E-state index in [9.17, 15) is 13.2 Å². The lowest BCUT2D eigenvalue weighted by atomic mass is 10.0. The second-order valence-corrected chi connectivity index (χ2v) is 3.92. The topological polar surface area (TPSA) is 44.5 Å². The van der Waals surface area contributed by atoms with Crippen molar-refractivity contribution in [3.8, 4) is 11.5 Å². The Morgan fingerprint density at radius 1 is 1.42 bits per heavy atom. The summed E-state index contributed by atoms with van der Waals surface area (Å²) in [6.45, 7) is 3.57. The van der Waals surface area contributed by atoms with Crippen LogP contribution in [0.4, 0.5) is 13.2 Å². The third kappa shape index (κ3) is 4.82. The number of allylic oxidation sites excluding steroid dienone is 1. The van der Waals surface area contributed by atoms with Crippen molar-refractivity contribution < 1.29 is 22.6 Å². The van der Waals surface area contributed by atoms with Gasteiger partial charge in [0.05, 0.1) is 7.11 Å². The fraction of sp³-hybridized carbons (Fsp3) is 0.385. The first kappa shape index (κ1) is 15.4. The van der Waals surface area contributed by atoms with Crippen LogP contribution in [0.5, 0.6) is 11.5 Å². The van der Waals surface area contributed by atoms with E-state index >= 15 is 0 Å². The minimum Gasteiger partial charge on any atom is -0.496 e. The summed E-state index contributed by atoms with van der Waals surface area (Å²) in [7, 11) is 1.43. The van der Waals surface area contributed by atoms with Gasteiger partial charge in [-0.15, -0.1) is 19.8 Å². The quantitative estimate of drug-likeness (QED) is 0.807. The van der Waals surface area contributed by atoms with Crippen molar-refractivity contribution in [2.24, 2.45) is 5.73 Å². The summed E-state index contributed by atoms with van der Waals surface area (Å²) >= 11 is 0. The number of nitrogens with two attached hydrogens (primary N) is 1. The Balaban J connectivity index is 2.98. The molecule has 0 spiro atoms. The number of hydrogen-bond donors (Lipinski definition) is 1. The van der Waals surface area contributed by atoms with Crippen LogP contribution in [0.15, 0.2) is 30.9 Å². The summed E-state index contributed by atoms with van der Waals surface area (Å²) < 4.78 is 45.4. The molecule has 0 aliphatic rings. The maximum absolute atomic E-state index is 12.2. The number of rotatable bonds is 6. The van der Waals surface area contributed by atoms with Crippen molar-refractivity contribution in [1.29, 1.82) is 0 Å². The molecular formula is C13H16F3NO2. The molecule has 6 heteroatoms. The van der Waals surface area contributed by atoms with Crippen LogP contribution in [0, 0.1) is 0 Å². The van der Waals surface area contributed by atoms with Crippen LogP contribution < -0.4 is 15.2 Å². The Bertz CT molecular complexity index is 432. The first-order valence-corrected chi connectivity index (χ1v) is 5.67. The molecule has 106 valence electrons. The molecule has 2 N–H and O–H groups in total. The Morgan fingerprint density at radius 3 is 2.63 bits per heavy atom. The molecule has 0 aromatic heterocycles. The van der Waals surface area contributed by atoms with Crippen molar-refractivity contribution in [1.82, 2.24) is 0 Å². The van der Waals surface area contributed by atoms with Crippen LogP contribution in [0.3, 0.4) is 0 Å². The summed E-state index contributed by atoms with van der Waals surface area (Å²) in [4.78, 5) is 0. The fourth-order valence-corrected chi connectivity index (χ4v) is 1.65. The van der Waals surface area contributed by atoms with Crippen LogP contribution in [0.2, 0.25) is 0 Å². The van der Waals surface area contributed by atoms with E-state index in [0.717, 1.165) is 0 Å². The van der Waals surface area contributed by atoms with Crippen molar-refractivity contribution in [3.05, 3.63) is 36.4 Å². The first-order chi connectivity index (χ1) is 8.87. The zero-order valence-electron chi connectivity index (χ0n) is 10.5. The highest BCUT2D eigenvalue weighted by Gasteiger charge is 2.31. The number of methoxy groups -OCH3 is 1. The average Bonchev–Trinajstić information content (AvgIpc) is 2.34. The largest absolute Gasteiger partial charge is 0.573 e. The van der Waals surface area contributed by atoms with Crippen LogP contribution in [0.25, 0.3) is 0 Å². The fourth-order valence-electron chi connectivity index (χ4n) is 1.65. The molecule has 1 rings (SSSR count). The Labute approximate surface area is 109 Å². The molecule has 19 heavy (non-hydrogen) atoms. The maximum atomic E-state index is 12.2. The van der Waals surface area contributed by atoms with Crippen LogP contribution in [0.1, 0.15) is 24.4 Å². The van der Waals surface area contributed by atoms with Gasteiger partial charge in [0.25, 0.3) is 0 Å². The van der Waals surface area contributed by atoms with E-state index in [1.165, 1.54) is 25.3 Å². The number of alkyl halides is 3. The standard InChI is InChI=1S/C13H16F3NO2/c1-3-4-5-11(17)10-8-9(19-13(14,15)16)6-7-12(10)18-2/h3,6-8,11H,1,4-5,17H2,2H3/t11-/m0/s1. The summed E-state index contributed by atoms with van der Waals surface area (Å²) in [5, 5.41) is 0. The van der Waals surface area contributed by atoms with E-state index in [1.54, 1.807) is 6.08 Å². The molecule has 3 nitrogen and oxygen atoms in total. The maximum Gasteiger partial charge on any atom is 0.573 e. The molecule has 0 fully saturated rings. The monoisotopic (exact) mass is 275 g/mol. The molecule has 0 amide bonds. The van der Waals surface area contributed by atoms with E-state index in [0.29, 0.717) is 24.2 Å². The van der Waals surface area contributed by atoms with Crippen molar-refractivity contribution in [3.63, 3.8) is 0 Å². The predicted octanol–water partition coefficient (Wildman–Crippen LogP) is 3.56. The normalized spacial score (nSPS) is 12.9. The molecule has 0 saturated heterocycles. The van der Waals surface area contributed by atoms with E-state index in [1.807, 2.05) is 0 Å². The van der Waals surface area contributed by atoms with Gasteiger partial charge >= 0.3 is 6.36 Å². The second-order valence-electron chi connectivity index (χ2n) is 3.92. The minimum atomic E-state index is -4.73. The molecule has 1 atom stereocenters. The number of benzene rings is 1. The van der Waals surface area contributed by atoms with E-state index in [2.05, 4.69) is 11.3 Å². The second kappa shape index (κ2) is 6.47. The number of hydrogen-bond acceptors (Lipinski definition) is 3. The third-order valence-electron chi connectivity index (χ3n) is 2.52. The lowest BCUT2D eigenvalue weighted by Gasteiger charge is -2.17. The Morgan fingerprint density at radius 2 is 2.11 bits per heavy atom. The van der Waals surface area contributed by atoms with Crippen molar-refractivity contribution >= 4 is 0 Å². The Kier molecular flexibility index (Phi) is 5.23. The molecule has 0 aliphatic carbocycles. The van der Waals surface area contributed by atoms with Gasteiger partial charge < -0.3 is 15.2 Å². The molecule has 0 aliphatic heterocycles. The summed E-state index contributed by atoms with van der Waals surface area (Å²) in [6, 6.07) is 3.41. The van der Waals surface area contributed by atoms with Gasteiger partial charge in [-0.05, 0) is 31.0 Å².